The van der Waals surface area contributed by atoms with Crippen molar-refractivity contribution in [2.24, 2.45) is 12.8 Å². The lowest BCUT2D eigenvalue weighted by Gasteiger charge is -2.35. The molecule has 2 unspecified atom stereocenters. The van der Waals surface area contributed by atoms with Crippen LogP contribution in [0.2, 0.25) is 0 Å². The van der Waals surface area contributed by atoms with Crippen molar-refractivity contribution in [2.75, 3.05) is 26.3 Å². The van der Waals surface area contributed by atoms with E-state index in [1.54, 1.807) is 0 Å². The largest absolute Gasteiger partial charge is 0.395 e. The van der Waals surface area contributed by atoms with Crippen LogP contribution in [-0.4, -0.2) is 57.6 Å². The van der Waals surface area contributed by atoms with Gasteiger partial charge in [-0.25, -0.2) is 0 Å². The molecule has 21 heavy (non-hydrogen) atoms. The highest BCUT2D eigenvalue weighted by Gasteiger charge is 2.28. The summed E-state index contributed by atoms with van der Waals surface area (Å²) in [7, 11) is 2.00. The number of rotatable bonds is 6. The maximum Gasteiger partial charge on any atom is 0.0558 e. The summed E-state index contributed by atoms with van der Waals surface area (Å²) in [6, 6.07) is 4.07. The number of hydrogen-bond donors (Lipinski definition) is 3. The van der Waals surface area contributed by atoms with E-state index in [1.165, 1.54) is 0 Å². The van der Waals surface area contributed by atoms with Crippen LogP contribution in [0.25, 0.3) is 5.57 Å². The molecule has 116 valence electrons. The molecule has 0 saturated carbocycles. The molecule has 2 rings (SSSR count). The molecule has 0 aliphatic heterocycles. The van der Waals surface area contributed by atoms with Gasteiger partial charge < -0.3 is 20.5 Å². The van der Waals surface area contributed by atoms with Crippen molar-refractivity contribution in [2.45, 2.75) is 18.5 Å². The summed E-state index contributed by atoms with van der Waals surface area (Å²) < 4.78 is 2.06. The number of aryl methyl sites for hydroxylation is 1. The van der Waals surface area contributed by atoms with Gasteiger partial charge in [-0.05, 0) is 24.6 Å². The summed E-state index contributed by atoms with van der Waals surface area (Å²) in [5, 5.41) is 18.5. The van der Waals surface area contributed by atoms with Crippen LogP contribution in [0.1, 0.15) is 12.6 Å². The van der Waals surface area contributed by atoms with E-state index >= 15 is 0 Å². The second kappa shape index (κ2) is 6.58. The topological polar surface area (TPSA) is 74.7 Å². The monoisotopic (exact) mass is 291 g/mol. The second-order valence-corrected chi connectivity index (χ2v) is 5.76. The first-order valence-corrected chi connectivity index (χ1v) is 7.27. The number of nitrogens with two attached hydrogens (primary N) is 1. The third-order valence-electron chi connectivity index (χ3n) is 3.83. The quantitative estimate of drug-likeness (QED) is 0.661. The summed E-state index contributed by atoms with van der Waals surface area (Å²) in [4.78, 5) is 2.06. The van der Waals surface area contributed by atoms with Crippen LogP contribution >= 0.6 is 0 Å². The van der Waals surface area contributed by atoms with E-state index in [9.17, 15) is 10.2 Å². The summed E-state index contributed by atoms with van der Waals surface area (Å²) >= 11 is 0. The van der Waals surface area contributed by atoms with Crippen molar-refractivity contribution < 1.29 is 10.2 Å². The first-order chi connectivity index (χ1) is 9.98. The highest BCUT2D eigenvalue weighted by atomic mass is 16.3. The molecule has 0 aromatic carbocycles. The van der Waals surface area contributed by atoms with Crippen molar-refractivity contribution >= 4 is 5.57 Å². The fourth-order valence-electron chi connectivity index (χ4n) is 2.82. The number of aliphatic hydroxyl groups excluding tert-OH is 2. The van der Waals surface area contributed by atoms with E-state index in [0.717, 1.165) is 11.3 Å². The van der Waals surface area contributed by atoms with E-state index < -0.39 is 5.54 Å². The van der Waals surface area contributed by atoms with Gasteiger partial charge in [0.25, 0.3) is 0 Å². The van der Waals surface area contributed by atoms with Crippen molar-refractivity contribution in [1.29, 1.82) is 0 Å². The molecule has 0 radical (unpaired) electrons. The molecule has 0 saturated heterocycles. The molecular formula is C16H25N3O2. The van der Waals surface area contributed by atoms with E-state index in [-0.39, 0.29) is 19.3 Å². The molecule has 2 atom stereocenters. The van der Waals surface area contributed by atoms with Crippen LogP contribution in [0.15, 0.2) is 36.6 Å². The van der Waals surface area contributed by atoms with Gasteiger partial charge in [0.15, 0.2) is 0 Å². The van der Waals surface area contributed by atoms with Gasteiger partial charge in [-0.1, -0.05) is 18.2 Å². The lowest BCUT2D eigenvalue weighted by Crippen LogP contribution is -2.43. The third kappa shape index (κ3) is 3.63. The zero-order chi connectivity index (χ0) is 15.5. The molecule has 0 spiro atoms. The Morgan fingerprint density at radius 3 is 2.52 bits per heavy atom. The Morgan fingerprint density at radius 2 is 2.00 bits per heavy atom. The van der Waals surface area contributed by atoms with Crippen molar-refractivity contribution in [3.63, 3.8) is 0 Å². The minimum Gasteiger partial charge on any atom is -0.395 e. The zero-order valence-corrected chi connectivity index (χ0v) is 12.7. The first-order valence-electron chi connectivity index (χ1n) is 7.27. The lowest BCUT2D eigenvalue weighted by atomic mass is 9.87. The van der Waals surface area contributed by atoms with Gasteiger partial charge in [-0.2, -0.15) is 0 Å². The summed E-state index contributed by atoms with van der Waals surface area (Å²) in [5.41, 5.74) is 7.97. The van der Waals surface area contributed by atoms with Gasteiger partial charge in [-0.15, -0.1) is 0 Å². The van der Waals surface area contributed by atoms with Crippen LogP contribution in [0.5, 0.6) is 0 Å². The fourth-order valence-corrected chi connectivity index (χ4v) is 2.82. The summed E-state index contributed by atoms with van der Waals surface area (Å²) in [5.74, 6) is 0. The molecule has 0 bridgehead atoms. The zero-order valence-electron chi connectivity index (χ0n) is 12.7. The van der Waals surface area contributed by atoms with Crippen molar-refractivity contribution in [1.82, 2.24) is 9.47 Å². The van der Waals surface area contributed by atoms with Crippen LogP contribution < -0.4 is 5.73 Å². The Bertz CT molecular complexity index is 525. The minimum atomic E-state index is -0.486. The molecule has 5 heteroatoms. The minimum absolute atomic E-state index is 0.00882. The number of aromatic nitrogens is 1. The highest BCUT2D eigenvalue weighted by Crippen LogP contribution is 2.30. The normalized spacial score (nSPS) is 25.4. The average Bonchev–Trinajstić information content (AvgIpc) is 2.84. The van der Waals surface area contributed by atoms with Crippen LogP contribution in [0, 0.1) is 0 Å². The van der Waals surface area contributed by atoms with E-state index in [4.69, 9.17) is 5.73 Å². The van der Waals surface area contributed by atoms with Crippen LogP contribution in [0.3, 0.4) is 0 Å². The molecular weight excluding hydrogens is 266 g/mol. The van der Waals surface area contributed by atoms with Crippen LogP contribution in [-0.2, 0) is 7.05 Å². The number of hydrogen-bond acceptors (Lipinski definition) is 4. The Hall–Kier alpha value is -1.40. The molecule has 0 amide bonds. The number of aliphatic hydroxyl groups is 2. The van der Waals surface area contributed by atoms with E-state index in [2.05, 4.69) is 27.7 Å². The van der Waals surface area contributed by atoms with Gasteiger partial charge in [0.2, 0.25) is 0 Å². The smallest absolute Gasteiger partial charge is 0.0558 e. The Labute approximate surface area is 126 Å². The molecule has 5 nitrogen and oxygen atoms in total. The van der Waals surface area contributed by atoms with Crippen LogP contribution in [0.4, 0.5) is 0 Å². The summed E-state index contributed by atoms with van der Waals surface area (Å²) in [6.07, 6.45) is 8.11. The van der Waals surface area contributed by atoms with E-state index in [0.29, 0.717) is 13.1 Å². The van der Waals surface area contributed by atoms with Gasteiger partial charge >= 0.3 is 0 Å². The van der Waals surface area contributed by atoms with Gasteiger partial charge in [-0.3, -0.25) is 4.90 Å². The third-order valence-corrected chi connectivity index (χ3v) is 3.83. The predicted molar refractivity (Wildman–Crippen MR) is 84.7 cm³/mol. The Kier molecular flexibility index (Phi) is 5.00. The second-order valence-electron chi connectivity index (χ2n) is 5.76. The molecule has 4 N–H and O–H groups in total. The fraction of sp³-hybridized carbons (Fsp3) is 0.500. The molecule has 1 aromatic rings. The van der Waals surface area contributed by atoms with Gasteiger partial charge in [0, 0.05) is 32.0 Å². The molecule has 1 aliphatic carbocycles. The van der Waals surface area contributed by atoms with E-state index in [1.807, 2.05) is 32.3 Å². The predicted octanol–water partition coefficient (Wildman–Crippen LogP) is 0.351. The summed E-state index contributed by atoms with van der Waals surface area (Å²) in [6.45, 7) is 3.11. The van der Waals surface area contributed by atoms with Crippen molar-refractivity contribution in [3.8, 4) is 0 Å². The van der Waals surface area contributed by atoms with Crippen molar-refractivity contribution in [3.05, 3.63) is 42.3 Å². The maximum atomic E-state index is 9.27. The lowest BCUT2D eigenvalue weighted by molar-refractivity contribution is 0.155. The molecule has 1 aliphatic rings. The molecule has 1 aromatic heterocycles. The highest BCUT2D eigenvalue weighted by molar-refractivity contribution is 5.73. The molecule has 1 heterocycles. The van der Waals surface area contributed by atoms with Gasteiger partial charge in [0.05, 0.1) is 24.8 Å². The SMILES string of the molecule is Cn1cccc1C1=CC(C)(N)C=CC1N(CCO)CCO. The Balaban J connectivity index is 2.39. The van der Waals surface area contributed by atoms with Gasteiger partial charge in [0.1, 0.15) is 0 Å². The molecule has 0 fully saturated rings. The Morgan fingerprint density at radius 1 is 1.33 bits per heavy atom. The average molecular weight is 291 g/mol. The number of nitrogens with zero attached hydrogens (tertiary/aromatic N) is 2. The maximum absolute atomic E-state index is 9.27. The first kappa shape index (κ1) is 16.0. The standard InChI is InChI=1S/C16H25N3O2/c1-16(17)6-5-15(19(8-10-20)9-11-21)13(12-16)14-4-3-7-18(14)2/h3-7,12,15,20-21H,8-11,17H2,1-2H3.